The molecule has 0 saturated heterocycles. The van der Waals surface area contributed by atoms with E-state index in [0.29, 0.717) is 44.5 Å². The van der Waals surface area contributed by atoms with E-state index < -0.39 is 6.67 Å². The van der Waals surface area contributed by atoms with Gasteiger partial charge in [-0.25, -0.2) is 9.37 Å². The molecule has 5 N–H and O–H groups in total. The van der Waals surface area contributed by atoms with Crippen LogP contribution in [0.15, 0.2) is 72.9 Å². The minimum absolute atomic E-state index is 0.0145. The Hall–Kier alpha value is -4.17. The summed E-state index contributed by atoms with van der Waals surface area (Å²) in [4.78, 5) is 20.7. The Balaban J connectivity index is 1.48. The SMILES string of the molecule is Nc1nc(-c2cc(Nc3ccc(Cl)cc3CF)ccc2O)ccc1CNC(=O)Cc1ccccn1. The number of nitrogen functional groups attached to an aromatic ring is 1. The fourth-order valence-electron chi connectivity index (χ4n) is 3.50. The first-order valence-corrected chi connectivity index (χ1v) is 11.2. The van der Waals surface area contributed by atoms with Gasteiger partial charge in [0.2, 0.25) is 5.91 Å². The van der Waals surface area contributed by atoms with E-state index in [1.165, 1.54) is 6.07 Å². The smallest absolute Gasteiger partial charge is 0.226 e. The van der Waals surface area contributed by atoms with Crippen molar-refractivity contribution in [2.75, 3.05) is 11.1 Å². The molecular formula is C26H23ClFN5O2. The van der Waals surface area contributed by atoms with Gasteiger partial charge in [0, 0.05) is 51.5 Å². The number of phenols is 1. The number of phenolic OH excluding ortho intramolecular Hbond substituents is 1. The number of nitrogens with two attached hydrogens (primary N) is 1. The van der Waals surface area contributed by atoms with Crippen LogP contribution in [0.25, 0.3) is 11.3 Å². The molecule has 2 aromatic heterocycles. The summed E-state index contributed by atoms with van der Waals surface area (Å²) < 4.78 is 13.4. The van der Waals surface area contributed by atoms with Crippen molar-refractivity contribution in [3.63, 3.8) is 0 Å². The van der Waals surface area contributed by atoms with E-state index >= 15 is 0 Å². The quantitative estimate of drug-likeness (QED) is 0.253. The highest BCUT2D eigenvalue weighted by Gasteiger charge is 2.12. The Labute approximate surface area is 206 Å². The summed E-state index contributed by atoms with van der Waals surface area (Å²) in [5, 5.41) is 16.8. The number of alkyl halides is 1. The molecule has 7 nitrogen and oxygen atoms in total. The fraction of sp³-hybridized carbons (Fsp3) is 0.115. The molecule has 0 bridgehead atoms. The molecule has 9 heteroatoms. The third kappa shape index (κ3) is 6.04. The minimum atomic E-state index is -0.675. The molecule has 0 radical (unpaired) electrons. The summed E-state index contributed by atoms with van der Waals surface area (Å²) in [6.45, 7) is -0.466. The second-order valence-electron chi connectivity index (χ2n) is 7.81. The van der Waals surface area contributed by atoms with Gasteiger partial charge in [0.1, 0.15) is 18.2 Å². The normalized spacial score (nSPS) is 10.7. The van der Waals surface area contributed by atoms with Crippen LogP contribution in [0.2, 0.25) is 5.02 Å². The maximum Gasteiger partial charge on any atom is 0.226 e. The number of carbonyl (C=O) groups is 1. The lowest BCUT2D eigenvalue weighted by Crippen LogP contribution is -2.25. The Kier molecular flexibility index (Phi) is 7.42. The molecular weight excluding hydrogens is 469 g/mol. The first-order chi connectivity index (χ1) is 16.9. The highest BCUT2D eigenvalue weighted by atomic mass is 35.5. The molecule has 0 aliphatic heterocycles. The minimum Gasteiger partial charge on any atom is -0.507 e. The van der Waals surface area contributed by atoms with E-state index in [9.17, 15) is 14.3 Å². The monoisotopic (exact) mass is 491 g/mol. The summed E-state index contributed by atoms with van der Waals surface area (Å²) in [7, 11) is 0. The van der Waals surface area contributed by atoms with E-state index in [4.69, 9.17) is 17.3 Å². The summed E-state index contributed by atoms with van der Waals surface area (Å²) >= 11 is 5.95. The van der Waals surface area contributed by atoms with Crippen LogP contribution in [-0.4, -0.2) is 21.0 Å². The molecule has 0 saturated carbocycles. The van der Waals surface area contributed by atoms with Gasteiger partial charge in [0.15, 0.2) is 0 Å². The van der Waals surface area contributed by atoms with Gasteiger partial charge >= 0.3 is 0 Å². The maximum absolute atomic E-state index is 13.4. The zero-order valence-corrected chi connectivity index (χ0v) is 19.4. The van der Waals surface area contributed by atoms with Gasteiger partial charge in [0.25, 0.3) is 0 Å². The first-order valence-electron chi connectivity index (χ1n) is 10.8. The maximum atomic E-state index is 13.4. The number of nitrogens with one attached hydrogen (secondary N) is 2. The van der Waals surface area contributed by atoms with Crippen LogP contribution in [0, 0.1) is 0 Å². The van der Waals surface area contributed by atoms with Crippen molar-refractivity contribution in [1.29, 1.82) is 0 Å². The number of hydrogen-bond acceptors (Lipinski definition) is 6. The number of anilines is 3. The summed E-state index contributed by atoms with van der Waals surface area (Å²) in [6, 6.07) is 18.7. The number of halogens is 2. The molecule has 0 aliphatic carbocycles. The number of hydrogen-bond donors (Lipinski definition) is 4. The predicted molar refractivity (Wildman–Crippen MR) is 135 cm³/mol. The molecule has 2 aromatic carbocycles. The van der Waals surface area contributed by atoms with Crippen molar-refractivity contribution < 1.29 is 14.3 Å². The Bertz CT molecular complexity index is 1350. The number of carbonyl (C=O) groups excluding carboxylic acids is 1. The van der Waals surface area contributed by atoms with Crippen LogP contribution in [0.4, 0.5) is 21.6 Å². The zero-order valence-electron chi connectivity index (χ0n) is 18.6. The molecule has 0 aliphatic rings. The molecule has 0 atom stereocenters. The van der Waals surface area contributed by atoms with Gasteiger partial charge < -0.3 is 21.5 Å². The van der Waals surface area contributed by atoms with Crippen LogP contribution >= 0.6 is 11.6 Å². The van der Waals surface area contributed by atoms with Crippen molar-refractivity contribution in [2.24, 2.45) is 0 Å². The molecule has 0 spiro atoms. The lowest BCUT2D eigenvalue weighted by Gasteiger charge is -2.14. The van der Waals surface area contributed by atoms with E-state index in [0.717, 1.165) is 0 Å². The summed E-state index contributed by atoms with van der Waals surface area (Å²) in [5.74, 6) is 0.0648. The third-order valence-electron chi connectivity index (χ3n) is 5.32. The largest absolute Gasteiger partial charge is 0.507 e. The van der Waals surface area contributed by atoms with E-state index in [-0.39, 0.29) is 30.4 Å². The van der Waals surface area contributed by atoms with E-state index in [1.807, 2.05) is 6.07 Å². The van der Waals surface area contributed by atoms with Crippen LogP contribution in [0.1, 0.15) is 16.8 Å². The fourth-order valence-corrected chi connectivity index (χ4v) is 3.69. The number of benzene rings is 2. The van der Waals surface area contributed by atoms with Gasteiger partial charge in [-0.1, -0.05) is 23.7 Å². The van der Waals surface area contributed by atoms with Crippen LogP contribution in [0.3, 0.4) is 0 Å². The molecule has 0 unspecified atom stereocenters. The predicted octanol–water partition coefficient (Wildman–Crippen LogP) is 5.16. The van der Waals surface area contributed by atoms with Gasteiger partial charge in [-0.05, 0) is 54.6 Å². The number of aromatic hydroxyl groups is 1. The summed E-state index contributed by atoms with van der Waals surface area (Å²) in [5.41, 5.74) is 9.97. The highest BCUT2D eigenvalue weighted by Crippen LogP contribution is 2.33. The van der Waals surface area contributed by atoms with Crippen LogP contribution in [-0.2, 0) is 24.4 Å². The van der Waals surface area contributed by atoms with Crippen molar-refractivity contribution >= 4 is 34.7 Å². The molecule has 4 rings (SSSR count). The van der Waals surface area contributed by atoms with Crippen molar-refractivity contribution in [1.82, 2.24) is 15.3 Å². The average Bonchev–Trinajstić information content (AvgIpc) is 2.86. The molecule has 178 valence electrons. The molecule has 0 fully saturated rings. The number of amides is 1. The summed E-state index contributed by atoms with van der Waals surface area (Å²) in [6.07, 6.45) is 1.80. The van der Waals surface area contributed by atoms with Gasteiger partial charge in [-0.15, -0.1) is 0 Å². The zero-order chi connectivity index (χ0) is 24.8. The number of rotatable bonds is 8. The average molecular weight is 492 g/mol. The van der Waals surface area contributed by atoms with Gasteiger partial charge in [-0.3, -0.25) is 9.78 Å². The van der Waals surface area contributed by atoms with Crippen LogP contribution in [0.5, 0.6) is 5.75 Å². The second kappa shape index (κ2) is 10.8. The lowest BCUT2D eigenvalue weighted by atomic mass is 10.1. The Morgan fingerprint density at radius 3 is 2.66 bits per heavy atom. The van der Waals surface area contributed by atoms with E-state index in [2.05, 4.69) is 20.6 Å². The molecule has 1 amide bonds. The molecule has 4 aromatic rings. The topological polar surface area (TPSA) is 113 Å². The second-order valence-corrected chi connectivity index (χ2v) is 8.24. The van der Waals surface area contributed by atoms with Crippen molar-refractivity contribution in [3.8, 4) is 17.0 Å². The van der Waals surface area contributed by atoms with E-state index in [1.54, 1.807) is 60.8 Å². The lowest BCUT2D eigenvalue weighted by molar-refractivity contribution is -0.120. The van der Waals surface area contributed by atoms with Crippen LogP contribution < -0.4 is 16.4 Å². The van der Waals surface area contributed by atoms with Crippen molar-refractivity contribution in [2.45, 2.75) is 19.6 Å². The standard InChI is InChI=1S/C26H23ClFN5O2/c27-18-5-8-22(17(11-18)14-28)32-20-6-9-24(34)21(12-20)23-7-4-16(26(29)33-23)15-31-25(35)13-19-3-1-2-10-30-19/h1-12,32,34H,13-15H2,(H2,29,33)(H,31,35). The Morgan fingerprint density at radius 2 is 1.91 bits per heavy atom. The number of nitrogens with zero attached hydrogens (tertiary/aromatic N) is 2. The highest BCUT2D eigenvalue weighted by molar-refractivity contribution is 6.30. The number of aromatic nitrogens is 2. The number of pyridine rings is 2. The first kappa shape index (κ1) is 24.0. The molecule has 2 heterocycles. The third-order valence-corrected chi connectivity index (χ3v) is 5.55. The van der Waals surface area contributed by atoms with Gasteiger partial charge in [-0.2, -0.15) is 0 Å². The Morgan fingerprint density at radius 1 is 1.06 bits per heavy atom. The van der Waals surface area contributed by atoms with Gasteiger partial charge in [0.05, 0.1) is 12.1 Å². The van der Waals surface area contributed by atoms with Crippen molar-refractivity contribution in [3.05, 3.63) is 94.8 Å². The molecule has 35 heavy (non-hydrogen) atoms.